The summed E-state index contributed by atoms with van der Waals surface area (Å²) in [6.45, 7) is 6.18. The van der Waals surface area contributed by atoms with Gasteiger partial charge in [-0.15, -0.1) is 0 Å². The van der Waals surface area contributed by atoms with Gasteiger partial charge in [-0.1, -0.05) is 13.3 Å². The number of likely N-dealkylation sites (tertiary alicyclic amines) is 2. The van der Waals surface area contributed by atoms with Gasteiger partial charge in [0.1, 0.15) is 0 Å². The lowest BCUT2D eigenvalue weighted by atomic mass is 9.95. The van der Waals surface area contributed by atoms with Crippen LogP contribution in [-0.4, -0.2) is 54.3 Å². The van der Waals surface area contributed by atoms with E-state index < -0.39 is 0 Å². The van der Waals surface area contributed by atoms with Crippen LogP contribution >= 0.6 is 0 Å². The number of hydrazine groups is 1. The molecule has 6 nitrogen and oxygen atoms in total. The van der Waals surface area contributed by atoms with Crippen molar-refractivity contribution < 1.29 is 9.59 Å². The van der Waals surface area contributed by atoms with Gasteiger partial charge >= 0.3 is 0 Å². The van der Waals surface area contributed by atoms with Gasteiger partial charge in [-0.05, 0) is 38.1 Å². The van der Waals surface area contributed by atoms with E-state index in [-0.39, 0.29) is 17.7 Å². The predicted octanol–water partition coefficient (Wildman–Crippen LogP) is 0.337. The molecule has 3 N–H and O–H groups in total. The molecule has 120 valence electrons. The van der Waals surface area contributed by atoms with E-state index >= 15 is 0 Å². The Labute approximate surface area is 127 Å². The van der Waals surface area contributed by atoms with Gasteiger partial charge in [-0.25, -0.2) is 5.84 Å². The highest BCUT2D eigenvalue weighted by atomic mass is 16.2. The molecule has 1 unspecified atom stereocenters. The molecule has 21 heavy (non-hydrogen) atoms. The topological polar surface area (TPSA) is 78.7 Å². The van der Waals surface area contributed by atoms with Crippen LogP contribution in [0.5, 0.6) is 0 Å². The van der Waals surface area contributed by atoms with E-state index in [1.165, 1.54) is 19.3 Å². The Morgan fingerprint density at radius 2 is 1.90 bits per heavy atom. The average Bonchev–Trinajstić information content (AvgIpc) is 2.54. The third-order valence-corrected chi connectivity index (χ3v) is 4.90. The molecule has 0 aromatic rings. The number of nitrogens with zero attached hydrogens (tertiary/aromatic N) is 2. The number of rotatable bonds is 4. The molecular formula is C15H28N4O2. The summed E-state index contributed by atoms with van der Waals surface area (Å²) in [5.74, 6) is 5.96. The van der Waals surface area contributed by atoms with Crippen LogP contribution < -0.4 is 11.3 Å². The van der Waals surface area contributed by atoms with Crippen molar-refractivity contribution in [2.45, 2.75) is 39.0 Å². The normalized spacial score (nSPS) is 24.9. The number of amides is 2. The minimum Gasteiger partial charge on any atom is -0.342 e. The second kappa shape index (κ2) is 7.75. The number of hydrogen-bond acceptors (Lipinski definition) is 4. The molecule has 0 saturated carbocycles. The fourth-order valence-corrected chi connectivity index (χ4v) is 3.43. The minimum absolute atomic E-state index is 0.0430. The standard InChI is InChI=1S/C15H28N4O2/c1-2-12-4-3-7-18(10-12)11-14(20)19-8-5-13(6-9-19)15(21)17-16/h12-13H,2-11,16H2,1H3,(H,17,21). The molecule has 0 spiro atoms. The van der Waals surface area contributed by atoms with E-state index in [4.69, 9.17) is 5.84 Å². The van der Waals surface area contributed by atoms with Gasteiger partial charge in [0.25, 0.3) is 0 Å². The van der Waals surface area contributed by atoms with Gasteiger partial charge in [0.15, 0.2) is 0 Å². The average molecular weight is 296 g/mol. The second-order valence-corrected chi connectivity index (χ2v) is 6.32. The number of nitrogens with one attached hydrogen (secondary N) is 1. The number of hydrogen-bond donors (Lipinski definition) is 2. The van der Waals surface area contributed by atoms with Crippen LogP contribution in [0, 0.1) is 11.8 Å². The molecule has 0 aromatic heterocycles. The van der Waals surface area contributed by atoms with Crippen LogP contribution in [0.15, 0.2) is 0 Å². The zero-order valence-corrected chi connectivity index (χ0v) is 13.0. The highest BCUT2D eigenvalue weighted by Crippen LogP contribution is 2.20. The van der Waals surface area contributed by atoms with E-state index in [1.807, 2.05) is 4.90 Å². The Hall–Kier alpha value is -1.14. The largest absolute Gasteiger partial charge is 0.342 e. The van der Waals surface area contributed by atoms with Crippen molar-refractivity contribution in [1.82, 2.24) is 15.2 Å². The van der Waals surface area contributed by atoms with Crippen LogP contribution in [0.25, 0.3) is 0 Å². The maximum absolute atomic E-state index is 12.4. The Kier molecular flexibility index (Phi) is 5.99. The molecule has 2 aliphatic rings. The number of piperidine rings is 2. The molecular weight excluding hydrogens is 268 g/mol. The molecule has 0 bridgehead atoms. The third kappa shape index (κ3) is 4.41. The minimum atomic E-state index is -0.107. The third-order valence-electron chi connectivity index (χ3n) is 4.90. The fourth-order valence-electron chi connectivity index (χ4n) is 3.43. The summed E-state index contributed by atoms with van der Waals surface area (Å²) >= 11 is 0. The van der Waals surface area contributed by atoms with Gasteiger partial charge in [0.2, 0.25) is 11.8 Å². The van der Waals surface area contributed by atoms with Crippen LogP contribution in [0.1, 0.15) is 39.0 Å². The SMILES string of the molecule is CCC1CCCN(CC(=O)N2CCC(C(=O)NN)CC2)C1. The van der Waals surface area contributed by atoms with Crippen molar-refractivity contribution in [1.29, 1.82) is 0 Å². The maximum atomic E-state index is 12.4. The first-order valence-corrected chi connectivity index (χ1v) is 8.14. The first kappa shape index (κ1) is 16.2. The zero-order chi connectivity index (χ0) is 15.2. The molecule has 2 saturated heterocycles. The van der Waals surface area contributed by atoms with Crippen molar-refractivity contribution in [3.05, 3.63) is 0 Å². The summed E-state index contributed by atoms with van der Waals surface area (Å²) < 4.78 is 0. The first-order chi connectivity index (χ1) is 10.1. The summed E-state index contributed by atoms with van der Waals surface area (Å²) in [5.41, 5.74) is 2.21. The highest BCUT2D eigenvalue weighted by Gasteiger charge is 2.28. The Balaban J connectivity index is 1.75. The van der Waals surface area contributed by atoms with Gasteiger partial charge in [0.05, 0.1) is 6.54 Å². The lowest BCUT2D eigenvalue weighted by Gasteiger charge is -2.35. The molecule has 0 aliphatic carbocycles. The molecule has 2 fully saturated rings. The van der Waals surface area contributed by atoms with Crippen molar-refractivity contribution in [2.24, 2.45) is 17.7 Å². The van der Waals surface area contributed by atoms with Crippen LogP contribution in [-0.2, 0) is 9.59 Å². The van der Waals surface area contributed by atoms with Crippen molar-refractivity contribution in [2.75, 3.05) is 32.7 Å². The summed E-state index contributed by atoms with van der Waals surface area (Å²) in [6.07, 6.45) is 5.12. The molecule has 2 heterocycles. The lowest BCUT2D eigenvalue weighted by Crippen LogP contribution is -2.48. The van der Waals surface area contributed by atoms with Crippen LogP contribution in [0.3, 0.4) is 0 Å². The number of nitrogens with two attached hydrogens (primary N) is 1. The van der Waals surface area contributed by atoms with E-state index in [0.29, 0.717) is 32.5 Å². The van der Waals surface area contributed by atoms with Crippen molar-refractivity contribution >= 4 is 11.8 Å². The van der Waals surface area contributed by atoms with Crippen LogP contribution in [0.4, 0.5) is 0 Å². The summed E-state index contributed by atoms with van der Waals surface area (Å²) in [6, 6.07) is 0. The molecule has 6 heteroatoms. The zero-order valence-electron chi connectivity index (χ0n) is 13.0. The maximum Gasteiger partial charge on any atom is 0.237 e. The molecule has 0 aromatic carbocycles. The molecule has 2 aliphatic heterocycles. The number of carbonyl (C=O) groups excluding carboxylic acids is 2. The highest BCUT2D eigenvalue weighted by molar-refractivity contribution is 5.80. The fraction of sp³-hybridized carbons (Fsp3) is 0.867. The van der Waals surface area contributed by atoms with Crippen molar-refractivity contribution in [3.63, 3.8) is 0 Å². The van der Waals surface area contributed by atoms with E-state index in [2.05, 4.69) is 17.2 Å². The summed E-state index contributed by atoms with van der Waals surface area (Å²) in [5, 5.41) is 0. The van der Waals surface area contributed by atoms with Crippen molar-refractivity contribution in [3.8, 4) is 0 Å². The van der Waals surface area contributed by atoms with Gasteiger partial charge < -0.3 is 4.90 Å². The van der Waals surface area contributed by atoms with E-state index in [9.17, 15) is 9.59 Å². The molecule has 2 rings (SSSR count). The predicted molar refractivity (Wildman–Crippen MR) is 81.1 cm³/mol. The van der Waals surface area contributed by atoms with E-state index in [0.717, 1.165) is 19.0 Å². The van der Waals surface area contributed by atoms with Gasteiger partial charge in [-0.2, -0.15) is 0 Å². The number of carbonyl (C=O) groups is 2. The monoisotopic (exact) mass is 296 g/mol. The first-order valence-electron chi connectivity index (χ1n) is 8.14. The second-order valence-electron chi connectivity index (χ2n) is 6.32. The van der Waals surface area contributed by atoms with Gasteiger partial charge in [-0.3, -0.25) is 19.9 Å². The van der Waals surface area contributed by atoms with Crippen LogP contribution in [0.2, 0.25) is 0 Å². The lowest BCUT2D eigenvalue weighted by molar-refractivity contribution is -0.136. The molecule has 2 amide bonds. The quantitative estimate of drug-likeness (QED) is 0.445. The Morgan fingerprint density at radius 1 is 1.19 bits per heavy atom. The van der Waals surface area contributed by atoms with E-state index in [1.54, 1.807) is 0 Å². The molecule has 0 radical (unpaired) electrons. The van der Waals surface area contributed by atoms with Gasteiger partial charge in [0, 0.05) is 25.6 Å². The smallest absolute Gasteiger partial charge is 0.237 e. The Morgan fingerprint density at radius 3 is 2.52 bits per heavy atom. The molecule has 1 atom stereocenters. The Bertz CT molecular complexity index is 367. The summed E-state index contributed by atoms with van der Waals surface area (Å²) in [7, 11) is 0. The summed E-state index contributed by atoms with van der Waals surface area (Å²) in [4.78, 5) is 28.0.